The Morgan fingerprint density at radius 2 is 1.74 bits per heavy atom. The predicted octanol–water partition coefficient (Wildman–Crippen LogP) is 3.49. The van der Waals surface area contributed by atoms with Crippen LogP contribution in [0, 0.1) is 0 Å². The monoisotopic (exact) mass is 362 g/mol. The Morgan fingerprint density at radius 3 is 2.48 bits per heavy atom. The molecule has 1 aliphatic heterocycles. The molecule has 0 saturated heterocycles. The van der Waals surface area contributed by atoms with Crippen molar-refractivity contribution in [1.29, 1.82) is 0 Å². The highest BCUT2D eigenvalue weighted by Crippen LogP contribution is 2.28. The van der Waals surface area contributed by atoms with Crippen molar-refractivity contribution in [2.45, 2.75) is 13.0 Å². The number of hydrogen-bond acceptors (Lipinski definition) is 4. The lowest BCUT2D eigenvalue weighted by Gasteiger charge is -2.23. The molecule has 2 aromatic carbocycles. The molecular weight excluding hydrogens is 344 g/mol. The number of para-hydroxylation sites is 1. The standard InChI is InChI=1S/C21H18N2O4/c1-12(18-11-13-6-4-5-7-17(13)27-18)22(2)19(24)14-8-9-15-16(10-14)21(26)23(3)20(15)25/h4-12H,1-3H3/t12-/m0/s1. The summed E-state index contributed by atoms with van der Waals surface area (Å²) in [5.74, 6) is -0.310. The molecule has 0 radical (unpaired) electrons. The topological polar surface area (TPSA) is 70.8 Å². The molecule has 0 bridgehead atoms. The van der Waals surface area contributed by atoms with Gasteiger partial charge in [-0.15, -0.1) is 0 Å². The third-order valence-electron chi connectivity index (χ3n) is 5.09. The zero-order chi connectivity index (χ0) is 19.3. The maximum absolute atomic E-state index is 12.9. The lowest BCUT2D eigenvalue weighted by atomic mass is 10.0. The molecule has 4 rings (SSSR count). The minimum absolute atomic E-state index is 0.249. The number of amides is 3. The summed E-state index contributed by atoms with van der Waals surface area (Å²) in [5.41, 5.74) is 1.71. The average Bonchev–Trinajstić information content (AvgIpc) is 3.22. The van der Waals surface area contributed by atoms with Crippen LogP contribution in [0.3, 0.4) is 0 Å². The summed E-state index contributed by atoms with van der Waals surface area (Å²) >= 11 is 0. The van der Waals surface area contributed by atoms with E-state index in [1.54, 1.807) is 18.0 Å². The second-order valence-electron chi connectivity index (χ2n) is 6.71. The number of rotatable bonds is 3. The number of hydrogen-bond donors (Lipinski definition) is 0. The highest BCUT2D eigenvalue weighted by molar-refractivity contribution is 6.21. The van der Waals surface area contributed by atoms with Crippen LogP contribution in [0.1, 0.15) is 49.8 Å². The summed E-state index contributed by atoms with van der Waals surface area (Å²) in [5, 5.41) is 0.977. The van der Waals surface area contributed by atoms with Gasteiger partial charge in [0.15, 0.2) is 0 Å². The maximum atomic E-state index is 12.9. The fourth-order valence-electron chi connectivity index (χ4n) is 3.27. The van der Waals surface area contributed by atoms with Crippen LogP contribution in [-0.2, 0) is 0 Å². The zero-order valence-corrected chi connectivity index (χ0v) is 15.2. The first-order valence-electron chi connectivity index (χ1n) is 8.60. The first-order chi connectivity index (χ1) is 12.9. The van der Waals surface area contributed by atoms with Gasteiger partial charge in [-0.05, 0) is 37.3 Å². The number of nitrogens with zero attached hydrogens (tertiary/aromatic N) is 2. The van der Waals surface area contributed by atoms with Gasteiger partial charge in [0.2, 0.25) is 0 Å². The van der Waals surface area contributed by atoms with Gasteiger partial charge in [-0.25, -0.2) is 0 Å². The molecule has 0 saturated carbocycles. The highest BCUT2D eigenvalue weighted by atomic mass is 16.3. The van der Waals surface area contributed by atoms with Crippen LogP contribution in [0.5, 0.6) is 0 Å². The molecule has 0 spiro atoms. The predicted molar refractivity (Wildman–Crippen MR) is 99.6 cm³/mol. The van der Waals surface area contributed by atoms with E-state index in [4.69, 9.17) is 4.42 Å². The molecule has 0 fully saturated rings. The molecule has 6 nitrogen and oxygen atoms in total. The summed E-state index contributed by atoms with van der Waals surface area (Å²) in [6, 6.07) is 13.9. The Bertz CT molecular complexity index is 1070. The zero-order valence-electron chi connectivity index (χ0n) is 15.2. The van der Waals surface area contributed by atoms with E-state index in [1.165, 1.54) is 19.2 Å². The molecule has 136 valence electrons. The van der Waals surface area contributed by atoms with Crippen LogP contribution >= 0.6 is 0 Å². The quantitative estimate of drug-likeness (QED) is 0.669. The third-order valence-corrected chi connectivity index (χ3v) is 5.09. The molecule has 1 atom stereocenters. The fraction of sp³-hybridized carbons (Fsp3) is 0.190. The van der Waals surface area contributed by atoms with Crippen molar-refractivity contribution in [3.05, 3.63) is 71.0 Å². The Balaban J connectivity index is 1.63. The Hall–Kier alpha value is -3.41. The van der Waals surface area contributed by atoms with Gasteiger partial charge < -0.3 is 9.32 Å². The van der Waals surface area contributed by atoms with Crippen molar-refractivity contribution in [2.75, 3.05) is 14.1 Å². The van der Waals surface area contributed by atoms with Crippen molar-refractivity contribution in [3.8, 4) is 0 Å². The van der Waals surface area contributed by atoms with Gasteiger partial charge in [0.25, 0.3) is 17.7 Å². The van der Waals surface area contributed by atoms with E-state index in [9.17, 15) is 14.4 Å². The van der Waals surface area contributed by atoms with E-state index in [1.807, 2.05) is 37.3 Å². The van der Waals surface area contributed by atoms with E-state index in [0.29, 0.717) is 16.9 Å². The van der Waals surface area contributed by atoms with Gasteiger partial charge in [0.1, 0.15) is 11.3 Å². The second kappa shape index (κ2) is 6.09. The minimum Gasteiger partial charge on any atom is -0.459 e. The van der Waals surface area contributed by atoms with E-state index >= 15 is 0 Å². The molecule has 0 N–H and O–H groups in total. The summed E-state index contributed by atoms with van der Waals surface area (Å²) < 4.78 is 5.86. The van der Waals surface area contributed by atoms with Gasteiger partial charge >= 0.3 is 0 Å². The Kier molecular flexibility index (Phi) is 3.84. The van der Waals surface area contributed by atoms with E-state index in [-0.39, 0.29) is 23.4 Å². The van der Waals surface area contributed by atoms with Crippen molar-refractivity contribution in [1.82, 2.24) is 9.80 Å². The van der Waals surface area contributed by atoms with Gasteiger partial charge in [-0.3, -0.25) is 19.3 Å². The normalized spacial score (nSPS) is 14.6. The van der Waals surface area contributed by atoms with Gasteiger partial charge in [0.05, 0.1) is 17.2 Å². The molecular formula is C21H18N2O4. The van der Waals surface area contributed by atoms with E-state index in [0.717, 1.165) is 15.9 Å². The van der Waals surface area contributed by atoms with Crippen molar-refractivity contribution in [3.63, 3.8) is 0 Å². The van der Waals surface area contributed by atoms with Crippen LogP contribution in [-0.4, -0.2) is 41.6 Å². The number of carbonyl (C=O) groups excluding carboxylic acids is 3. The molecule has 0 aliphatic carbocycles. The number of imide groups is 1. The average molecular weight is 362 g/mol. The maximum Gasteiger partial charge on any atom is 0.261 e. The fourth-order valence-corrected chi connectivity index (χ4v) is 3.27. The second-order valence-corrected chi connectivity index (χ2v) is 6.71. The van der Waals surface area contributed by atoms with Gasteiger partial charge in [0, 0.05) is 25.0 Å². The lowest BCUT2D eigenvalue weighted by molar-refractivity contribution is 0.0692. The SMILES string of the molecule is C[C@@H](c1cc2ccccc2o1)N(C)C(=O)c1ccc2c(c1)C(=O)N(C)C2=O. The van der Waals surface area contributed by atoms with Crippen molar-refractivity contribution < 1.29 is 18.8 Å². The molecule has 3 aromatic rings. The van der Waals surface area contributed by atoms with Gasteiger partial charge in [-0.2, -0.15) is 0 Å². The first-order valence-corrected chi connectivity index (χ1v) is 8.60. The molecule has 2 heterocycles. The minimum atomic E-state index is -0.391. The summed E-state index contributed by atoms with van der Waals surface area (Å²) in [6.07, 6.45) is 0. The Morgan fingerprint density at radius 1 is 1.04 bits per heavy atom. The smallest absolute Gasteiger partial charge is 0.261 e. The number of benzene rings is 2. The largest absolute Gasteiger partial charge is 0.459 e. The molecule has 0 unspecified atom stereocenters. The highest BCUT2D eigenvalue weighted by Gasteiger charge is 2.33. The summed E-state index contributed by atoms with van der Waals surface area (Å²) in [6.45, 7) is 1.88. The number of carbonyl (C=O) groups is 3. The summed E-state index contributed by atoms with van der Waals surface area (Å²) in [4.78, 5) is 39.7. The molecule has 6 heteroatoms. The van der Waals surface area contributed by atoms with Crippen molar-refractivity contribution >= 4 is 28.7 Å². The van der Waals surface area contributed by atoms with E-state index in [2.05, 4.69) is 0 Å². The summed E-state index contributed by atoms with van der Waals surface area (Å²) in [7, 11) is 3.12. The number of furan rings is 1. The van der Waals surface area contributed by atoms with Crippen LogP contribution in [0.4, 0.5) is 0 Å². The van der Waals surface area contributed by atoms with E-state index < -0.39 is 5.91 Å². The van der Waals surface area contributed by atoms with Crippen molar-refractivity contribution in [2.24, 2.45) is 0 Å². The molecule has 3 amide bonds. The lowest BCUT2D eigenvalue weighted by Crippen LogP contribution is -2.29. The molecule has 27 heavy (non-hydrogen) atoms. The van der Waals surface area contributed by atoms with Gasteiger partial charge in [-0.1, -0.05) is 18.2 Å². The number of fused-ring (bicyclic) bond motifs is 2. The Labute approximate surface area is 156 Å². The van der Waals surface area contributed by atoms with Crippen LogP contribution in [0.25, 0.3) is 11.0 Å². The first kappa shape index (κ1) is 17.0. The molecule has 1 aliphatic rings. The van der Waals surface area contributed by atoms with Crippen LogP contribution < -0.4 is 0 Å². The molecule has 1 aromatic heterocycles. The van der Waals surface area contributed by atoms with Crippen LogP contribution in [0.15, 0.2) is 52.9 Å². The third kappa shape index (κ3) is 2.61. The van der Waals surface area contributed by atoms with Crippen LogP contribution in [0.2, 0.25) is 0 Å².